The van der Waals surface area contributed by atoms with Crippen LogP contribution in [0.3, 0.4) is 0 Å². The zero-order valence-electron chi connectivity index (χ0n) is 13.1. The molecule has 1 N–H and O–H groups in total. The van der Waals surface area contributed by atoms with Crippen LogP contribution in [0.2, 0.25) is 0 Å². The molecular formula is C15H19N5O3. The average molecular weight is 317 g/mol. The van der Waals surface area contributed by atoms with Crippen LogP contribution >= 0.6 is 0 Å². The van der Waals surface area contributed by atoms with Crippen molar-refractivity contribution in [3.05, 3.63) is 36.0 Å². The van der Waals surface area contributed by atoms with Crippen molar-refractivity contribution in [3.8, 4) is 5.88 Å². The molecule has 2 aromatic rings. The van der Waals surface area contributed by atoms with Crippen molar-refractivity contribution >= 4 is 5.91 Å². The van der Waals surface area contributed by atoms with Crippen LogP contribution in [0.4, 0.5) is 0 Å². The molecule has 0 unspecified atom stereocenters. The highest BCUT2D eigenvalue weighted by molar-refractivity contribution is 5.92. The summed E-state index contributed by atoms with van der Waals surface area (Å²) in [5.41, 5.74) is 0.262. The molecule has 0 saturated carbocycles. The monoisotopic (exact) mass is 317 g/mol. The first-order valence-corrected chi connectivity index (χ1v) is 7.43. The molecule has 23 heavy (non-hydrogen) atoms. The van der Waals surface area contributed by atoms with Crippen LogP contribution < -0.4 is 10.1 Å². The summed E-state index contributed by atoms with van der Waals surface area (Å²) in [5, 5.41) is 10.5. The molecule has 1 fully saturated rings. The van der Waals surface area contributed by atoms with Gasteiger partial charge in [-0.3, -0.25) is 4.79 Å². The van der Waals surface area contributed by atoms with Gasteiger partial charge in [0, 0.05) is 44.6 Å². The van der Waals surface area contributed by atoms with Crippen LogP contribution in [0.15, 0.2) is 24.5 Å². The summed E-state index contributed by atoms with van der Waals surface area (Å²) in [5.74, 6) is 1.18. The summed E-state index contributed by atoms with van der Waals surface area (Å²) < 4.78 is 12.6. The highest BCUT2D eigenvalue weighted by Crippen LogP contribution is 2.32. The van der Waals surface area contributed by atoms with Gasteiger partial charge >= 0.3 is 0 Å². The van der Waals surface area contributed by atoms with Crippen molar-refractivity contribution < 1.29 is 14.3 Å². The van der Waals surface area contributed by atoms with Gasteiger partial charge in [-0.2, -0.15) is 0 Å². The zero-order valence-corrected chi connectivity index (χ0v) is 13.1. The molecule has 1 aliphatic heterocycles. The fourth-order valence-electron chi connectivity index (χ4n) is 2.64. The van der Waals surface area contributed by atoms with Crippen molar-refractivity contribution in [3.63, 3.8) is 0 Å². The molecule has 0 bridgehead atoms. The van der Waals surface area contributed by atoms with Gasteiger partial charge in [-0.15, -0.1) is 10.2 Å². The molecule has 3 rings (SSSR count). The minimum atomic E-state index is -0.259. The molecule has 8 heteroatoms. The number of hydrogen-bond acceptors (Lipinski definition) is 6. The molecular weight excluding hydrogens is 298 g/mol. The lowest BCUT2D eigenvalue weighted by atomic mass is 10.0. The summed E-state index contributed by atoms with van der Waals surface area (Å²) in [6.45, 7) is 1.17. The van der Waals surface area contributed by atoms with Crippen LogP contribution in [0.1, 0.15) is 28.8 Å². The van der Waals surface area contributed by atoms with Crippen molar-refractivity contribution in [2.24, 2.45) is 13.0 Å². The van der Waals surface area contributed by atoms with Gasteiger partial charge in [0.2, 0.25) is 5.88 Å². The van der Waals surface area contributed by atoms with E-state index in [1.165, 1.54) is 7.11 Å². The van der Waals surface area contributed by atoms with E-state index in [-0.39, 0.29) is 23.6 Å². The summed E-state index contributed by atoms with van der Waals surface area (Å²) >= 11 is 0. The van der Waals surface area contributed by atoms with E-state index < -0.39 is 0 Å². The number of amides is 1. The maximum Gasteiger partial charge on any atom is 0.271 e. The number of nitrogens with zero attached hydrogens (tertiary/aromatic N) is 4. The van der Waals surface area contributed by atoms with Crippen LogP contribution in [0, 0.1) is 5.92 Å². The lowest BCUT2D eigenvalue weighted by molar-refractivity contribution is 0.0778. The average Bonchev–Trinajstić information content (AvgIpc) is 3.20. The van der Waals surface area contributed by atoms with E-state index in [0.717, 1.165) is 12.2 Å². The van der Waals surface area contributed by atoms with Gasteiger partial charge < -0.3 is 19.4 Å². The number of carbonyl (C=O) groups is 1. The fourth-order valence-corrected chi connectivity index (χ4v) is 2.64. The van der Waals surface area contributed by atoms with E-state index in [1.807, 2.05) is 17.8 Å². The molecule has 0 spiro atoms. The van der Waals surface area contributed by atoms with Gasteiger partial charge in [-0.25, -0.2) is 4.98 Å². The minimum Gasteiger partial charge on any atom is -0.480 e. The summed E-state index contributed by atoms with van der Waals surface area (Å²) in [4.78, 5) is 16.5. The summed E-state index contributed by atoms with van der Waals surface area (Å²) in [7, 11) is 3.44. The first-order chi connectivity index (χ1) is 11.2. The Morgan fingerprint density at radius 1 is 1.48 bits per heavy atom. The fraction of sp³-hybridized carbons (Fsp3) is 0.467. The van der Waals surface area contributed by atoms with E-state index >= 15 is 0 Å². The second-order valence-corrected chi connectivity index (χ2v) is 5.41. The van der Waals surface area contributed by atoms with E-state index in [4.69, 9.17) is 9.47 Å². The van der Waals surface area contributed by atoms with Crippen molar-refractivity contribution in [1.82, 2.24) is 25.1 Å². The van der Waals surface area contributed by atoms with Gasteiger partial charge in [0.15, 0.2) is 5.69 Å². The standard InChI is InChI=1S/C15H19N5O3/c1-20-7-6-16-14(20)13-10(5-8-23-13)9-17-15(21)11-3-4-12(22-2)19-18-11/h3-4,6-7,10,13H,5,8-9H2,1-2H3,(H,17,21)/t10-,13+/m0/s1. The topological polar surface area (TPSA) is 91.2 Å². The molecule has 1 saturated heterocycles. The first kappa shape index (κ1) is 15.4. The maximum atomic E-state index is 12.1. The Bertz CT molecular complexity index is 670. The molecule has 122 valence electrons. The Balaban J connectivity index is 1.60. The van der Waals surface area contributed by atoms with E-state index in [1.54, 1.807) is 18.3 Å². The second kappa shape index (κ2) is 6.74. The molecule has 3 heterocycles. The minimum absolute atomic E-state index is 0.0998. The third-order valence-corrected chi connectivity index (χ3v) is 3.93. The molecule has 0 aromatic carbocycles. The molecule has 0 radical (unpaired) electrons. The number of methoxy groups -OCH3 is 1. The normalized spacial score (nSPS) is 20.4. The van der Waals surface area contributed by atoms with Gasteiger partial charge in [0.05, 0.1) is 7.11 Å². The Labute approximate surface area is 133 Å². The van der Waals surface area contributed by atoms with Crippen molar-refractivity contribution in [2.45, 2.75) is 12.5 Å². The van der Waals surface area contributed by atoms with Gasteiger partial charge in [-0.05, 0) is 12.5 Å². The third-order valence-electron chi connectivity index (χ3n) is 3.93. The van der Waals surface area contributed by atoms with Gasteiger partial charge in [0.1, 0.15) is 11.9 Å². The maximum absolute atomic E-state index is 12.1. The second-order valence-electron chi connectivity index (χ2n) is 5.41. The van der Waals surface area contributed by atoms with Crippen LogP contribution in [0.5, 0.6) is 5.88 Å². The Morgan fingerprint density at radius 3 is 3.00 bits per heavy atom. The van der Waals surface area contributed by atoms with Crippen molar-refractivity contribution in [2.75, 3.05) is 20.3 Å². The number of nitrogens with one attached hydrogen (secondary N) is 1. The summed E-state index contributed by atoms with van der Waals surface area (Å²) in [6, 6.07) is 3.19. The number of imidazole rings is 1. The zero-order chi connectivity index (χ0) is 16.2. The van der Waals surface area contributed by atoms with Crippen LogP contribution in [0.25, 0.3) is 0 Å². The van der Waals surface area contributed by atoms with Gasteiger partial charge in [-0.1, -0.05) is 0 Å². The number of rotatable bonds is 5. The Kier molecular flexibility index (Phi) is 4.52. The number of aromatic nitrogens is 4. The summed E-state index contributed by atoms with van der Waals surface area (Å²) in [6.07, 6.45) is 4.42. The highest BCUT2D eigenvalue weighted by Gasteiger charge is 2.32. The largest absolute Gasteiger partial charge is 0.480 e. The van der Waals surface area contributed by atoms with Crippen LogP contribution in [-0.4, -0.2) is 45.9 Å². The lowest BCUT2D eigenvalue weighted by Crippen LogP contribution is -2.31. The quantitative estimate of drug-likeness (QED) is 0.874. The molecule has 1 amide bonds. The molecule has 2 atom stereocenters. The molecule has 2 aromatic heterocycles. The van der Waals surface area contributed by atoms with Crippen LogP contribution in [-0.2, 0) is 11.8 Å². The predicted octanol–water partition coefficient (Wildman–Crippen LogP) is 0.726. The predicted molar refractivity (Wildman–Crippen MR) is 80.9 cm³/mol. The van der Waals surface area contributed by atoms with E-state index in [2.05, 4.69) is 20.5 Å². The SMILES string of the molecule is COc1ccc(C(=O)NC[C@@H]2CCO[C@H]2c2nccn2C)nn1. The molecule has 8 nitrogen and oxygen atoms in total. The number of hydrogen-bond donors (Lipinski definition) is 1. The first-order valence-electron chi connectivity index (χ1n) is 7.43. The Morgan fingerprint density at radius 2 is 2.35 bits per heavy atom. The number of aryl methyl sites for hydroxylation is 1. The smallest absolute Gasteiger partial charge is 0.271 e. The number of carbonyl (C=O) groups excluding carboxylic acids is 1. The van der Waals surface area contributed by atoms with Crippen molar-refractivity contribution in [1.29, 1.82) is 0 Å². The Hall–Kier alpha value is -2.48. The number of ether oxygens (including phenoxy) is 2. The third kappa shape index (κ3) is 3.31. The van der Waals surface area contributed by atoms with E-state index in [9.17, 15) is 4.79 Å². The highest BCUT2D eigenvalue weighted by atomic mass is 16.5. The lowest BCUT2D eigenvalue weighted by Gasteiger charge is -2.18. The van der Waals surface area contributed by atoms with E-state index in [0.29, 0.717) is 19.0 Å². The van der Waals surface area contributed by atoms with Gasteiger partial charge in [0.25, 0.3) is 5.91 Å². The molecule has 1 aliphatic rings. The molecule has 0 aliphatic carbocycles.